The van der Waals surface area contributed by atoms with Gasteiger partial charge in [0.2, 0.25) is 0 Å². The molecule has 0 radical (unpaired) electrons. The highest BCUT2D eigenvalue weighted by Gasteiger charge is 2.21. The fourth-order valence-corrected chi connectivity index (χ4v) is 2.88. The molecule has 2 rings (SSSR count). The van der Waals surface area contributed by atoms with Crippen molar-refractivity contribution in [1.82, 2.24) is 0 Å². The third kappa shape index (κ3) is 2.15. The van der Waals surface area contributed by atoms with Crippen molar-refractivity contribution in [1.29, 1.82) is 0 Å². The van der Waals surface area contributed by atoms with Gasteiger partial charge in [-0.05, 0) is 31.5 Å². The van der Waals surface area contributed by atoms with Crippen LogP contribution in [0.4, 0.5) is 13.2 Å². The summed E-state index contributed by atoms with van der Waals surface area (Å²) < 4.78 is 39.7. The Labute approximate surface area is 107 Å². The molecule has 18 heavy (non-hydrogen) atoms. The van der Waals surface area contributed by atoms with Crippen LogP contribution in [0.2, 0.25) is 0 Å². The largest absolute Gasteiger partial charge is 0.320 e. The van der Waals surface area contributed by atoms with Crippen molar-refractivity contribution in [3.05, 3.63) is 56.5 Å². The van der Waals surface area contributed by atoms with Gasteiger partial charge in [-0.3, -0.25) is 0 Å². The van der Waals surface area contributed by atoms with Crippen molar-refractivity contribution < 1.29 is 13.2 Å². The Morgan fingerprint density at radius 3 is 2.28 bits per heavy atom. The van der Waals surface area contributed by atoms with Crippen LogP contribution in [-0.2, 0) is 0 Å². The summed E-state index contributed by atoms with van der Waals surface area (Å²) in [5, 5.41) is 0. The van der Waals surface area contributed by atoms with Crippen LogP contribution >= 0.6 is 11.3 Å². The molecule has 1 unspecified atom stereocenters. The molecule has 1 heterocycles. The average molecular weight is 271 g/mol. The highest BCUT2D eigenvalue weighted by Crippen LogP contribution is 2.31. The Bertz CT molecular complexity index is 592. The molecule has 96 valence electrons. The van der Waals surface area contributed by atoms with Gasteiger partial charge in [0, 0.05) is 15.3 Å². The highest BCUT2D eigenvalue weighted by molar-refractivity contribution is 7.12. The summed E-state index contributed by atoms with van der Waals surface area (Å²) in [4.78, 5) is 1.99. The molecule has 2 aromatic rings. The van der Waals surface area contributed by atoms with Crippen LogP contribution in [0, 0.1) is 31.3 Å². The van der Waals surface area contributed by atoms with Crippen molar-refractivity contribution in [2.75, 3.05) is 0 Å². The molecule has 5 heteroatoms. The van der Waals surface area contributed by atoms with E-state index in [4.69, 9.17) is 5.73 Å². The molecule has 0 fully saturated rings. The second-order valence-electron chi connectivity index (χ2n) is 4.11. The van der Waals surface area contributed by atoms with E-state index in [1.807, 2.05) is 19.9 Å². The molecule has 0 aliphatic heterocycles. The molecule has 0 spiro atoms. The topological polar surface area (TPSA) is 26.0 Å². The van der Waals surface area contributed by atoms with Crippen LogP contribution in [0.15, 0.2) is 18.2 Å². The lowest BCUT2D eigenvalue weighted by Crippen LogP contribution is -2.15. The summed E-state index contributed by atoms with van der Waals surface area (Å²) in [6, 6.07) is 3.13. The lowest BCUT2D eigenvalue weighted by molar-refractivity contribution is 0.438. The SMILES string of the molecule is Cc1cc(C(N)c2ccc(F)c(F)c2F)c(C)s1. The molecule has 1 aromatic heterocycles. The van der Waals surface area contributed by atoms with E-state index in [1.54, 1.807) is 0 Å². The lowest BCUT2D eigenvalue weighted by atomic mass is 9.99. The maximum Gasteiger partial charge on any atom is 0.194 e. The Balaban J connectivity index is 2.49. The van der Waals surface area contributed by atoms with Crippen LogP contribution in [0.1, 0.15) is 26.9 Å². The predicted octanol–water partition coefficient (Wildman–Crippen LogP) is 3.83. The van der Waals surface area contributed by atoms with Crippen LogP contribution in [0.3, 0.4) is 0 Å². The van der Waals surface area contributed by atoms with Crippen molar-refractivity contribution >= 4 is 11.3 Å². The van der Waals surface area contributed by atoms with Gasteiger partial charge >= 0.3 is 0 Å². The van der Waals surface area contributed by atoms with Gasteiger partial charge in [-0.15, -0.1) is 11.3 Å². The molecule has 2 N–H and O–H groups in total. The molecular weight excluding hydrogens is 259 g/mol. The zero-order valence-corrected chi connectivity index (χ0v) is 10.7. The Hall–Kier alpha value is -1.33. The molecular formula is C13H12F3NS. The normalized spacial score (nSPS) is 12.8. The first-order valence-corrected chi connectivity index (χ1v) is 6.19. The first-order chi connectivity index (χ1) is 8.41. The van der Waals surface area contributed by atoms with E-state index in [-0.39, 0.29) is 5.56 Å². The van der Waals surface area contributed by atoms with Crippen molar-refractivity contribution in [2.45, 2.75) is 19.9 Å². The standard InChI is InChI=1S/C13H12F3NS/c1-6-5-9(7(2)18-6)13(17)8-3-4-10(14)12(16)11(8)15/h3-5,13H,17H2,1-2H3. The van der Waals surface area contributed by atoms with Gasteiger partial charge in [0.25, 0.3) is 0 Å². The number of thiophene rings is 1. The monoisotopic (exact) mass is 271 g/mol. The van der Waals surface area contributed by atoms with Gasteiger partial charge in [0.05, 0.1) is 6.04 Å². The number of rotatable bonds is 2. The number of hydrogen-bond acceptors (Lipinski definition) is 2. The van der Waals surface area contributed by atoms with Crippen molar-refractivity contribution in [2.24, 2.45) is 5.73 Å². The minimum atomic E-state index is -1.48. The van der Waals surface area contributed by atoms with E-state index in [9.17, 15) is 13.2 Å². The van der Waals surface area contributed by atoms with E-state index < -0.39 is 23.5 Å². The molecule has 0 aliphatic carbocycles. The van der Waals surface area contributed by atoms with E-state index >= 15 is 0 Å². The maximum atomic E-state index is 13.6. The van der Waals surface area contributed by atoms with E-state index in [2.05, 4.69) is 0 Å². The summed E-state index contributed by atoms with van der Waals surface area (Å²) in [6.07, 6.45) is 0. The Morgan fingerprint density at radius 1 is 1.06 bits per heavy atom. The zero-order chi connectivity index (χ0) is 13.4. The van der Waals surface area contributed by atoms with Crippen molar-refractivity contribution in [3.63, 3.8) is 0 Å². The predicted molar refractivity (Wildman–Crippen MR) is 66.1 cm³/mol. The minimum absolute atomic E-state index is 0.0326. The Kier molecular flexibility index (Phi) is 3.45. The van der Waals surface area contributed by atoms with E-state index in [1.165, 1.54) is 17.4 Å². The van der Waals surface area contributed by atoms with Gasteiger partial charge in [-0.1, -0.05) is 6.07 Å². The van der Waals surface area contributed by atoms with E-state index in [0.717, 1.165) is 21.4 Å². The van der Waals surface area contributed by atoms with Crippen molar-refractivity contribution in [3.8, 4) is 0 Å². The number of hydrogen-bond donors (Lipinski definition) is 1. The fourth-order valence-electron chi connectivity index (χ4n) is 1.91. The molecule has 0 saturated carbocycles. The van der Waals surface area contributed by atoms with E-state index in [0.29, 0.717) is 0 Å². The molecule has 1 aromatic carbocycles. The second kappa shape index (κ2) is 4.74. The van der Waals surface area contributed by atoms with Gasteiger partial charge < -0.3 is 5.73 Å². The molecule has 1 nitrogen and oxygen atoms in total. The highest BCUT2D eigenvalue weighted by atomic mass is 32.1. The summed E-state index contributed by atoms with van der Waals surface area (Å²) in [6.45, 7) is 3.78. The Morgan fingerprint density at radius 2 is 1.72 bits per heavy atom. The first-order valence-electron chi connectivity index (χ1n) is 5.37. The second-order valence-corrected chi connectivity index (χ2v) is 5.57. The number of nitrogens with two attached hydrogens (primary N) is 1. The lowest BCUT2D eigenvalue weighted by Gasteiger charge is -2.13. The first kappa shape index (κ1) is 13.1. The summed E-state index contributed by atoms with van der Waals surface area (Å²) >= 11 is 1.54. The van der Waals surface area contributed by atoms with Gasteiger partial charge in [0.15, 0.2) is 17.5 Å². The van der Waals surface area contributed by atoms with Crippen LogP contribution < -0.4 is 5.73 Å². The zero-order valence-electron chi connectivity index (χ0n) is 9.93. The quantitative estimate of drug-likeness (QED) is 0.825. The molecule has 0 amide bonds. The number of benzene rings is 1. The molecule has 0 aliphatic rings. The molecule has 0 saturated heterocycles. The maximum absolute atomic E-state index is 13.6. The van der Waals surface area contributed by atoms with Gasteiger partial charge in [0.1, 0.15) is 0 Å². The third-order valence-electron chi connectivity index (χ3n) is 2.81. The third-order valence-corrected chi connectivity index (χ3v) is 3.80. The minimum Gasteiger partial charge on any atom is -0.320 e. The molecule has 1 atom stereocenters. The number of halogens is 3. The summed E-state index contributed by atoms with van der Waals surface area (Å²) in [7, 11) is 0. The van der Waals surface area contributed by atoms with Crippen LogP contribution in [0.25, 0.3) is 0 Å². The van der Waals surface area contributed by atoms with Crippen LogP contribution in [-0.4, -0.2) is 0 Å². The average Bonchev–Trinajstić information content (AvgIpc) is 2.65. The molecule has 0 bridgehead atoms. The van der Waals surface area contributed by atoms with Gasteiger partial charge in [-0.25, -0.2) is 13.2 Å². The fraction of sp³-hybridized carbons (Fsp3) is 0.231. The smallest absolute Gasteiger partial charge is 0.194 e. The number of aryl methyl sites for hydroxylation is 2. The summed E-state index contributed by atoms with van der Waals surface area (Å²) in [5.41, 5.74) is 6.63. The van der Waals surface area contributed by atoms with Gasteiger partial charge in [-0.2, -0.15) is 0 Å². The summed E-state index contributed by atoms with van der Waals surface area (Å²) in [5.74, 6) is -3.90. The van der Waals surface area contributed by atoms with Crippen LogP contribution in [0.5, 0.6) is 0 Å².